The van der Waals surface area contributed by atoms with Gasteiger partial charge in [-0.2, -0.15) is 0 Å². The maximum atomic E-state index is 12.9. The van der Waals surface area contributed by atoms with Crippen molar-refractivity contribution in [1.82, 2.24) is 10.3 Å². The molecule has 0 aliphatic carbocycles. The van der Waals surface area contributed by atoms with Crippen LogP contribution in [0.3, 0.4) is 0 Å². The van der Waals surface area contributed by atoms with Crippen molar-refractivity contribution >= 4 is 5.91 Å². The first-order valence-corrected chi connectivity index (χ1v) is 8.55. The Morgan fingerprint density at radius 1 is 1.12 bits per heavy atom. The second kappa shape index (κ2) is 7.95. The fraction of sp³-hybridized carbons (Fsp3) is 0.238. The van der Waals surface area contributed by atoms with E-state index in [-0.39, 0.29) is 18.1 Å². The summed E-state index contributed by atoms with van der Waals surface area (Å²) in [4.78, 5) is 16.2. The normalized spacial score (nSPS) is 10.7. The van der Waals surface area contributed by atoms with Crippen LogP contribution >= 0.6 is 0 Å². The van der Waals surface area contributed by atoms with E-state index in [1.54, 1.807) is 18.3 Å². The highest BCUT2D eigenvalue weighted by Gasteiger charge is 2.10. The fourth-order valence-corrected chi connectivity index (χ4v) is 2.57. The van der Waals surface area contributed by atoms with E-state index in [2.05, 4.69) is 36.3 Å². The van der Waals surface area contributed by atoms with Crippen molar-refractivity contribution in [3.8, 4) is 11.3 Å². The highest BCUT2D eigenvalue weighted by Crippen LogP contribution is 2.23. The molecule has 1 aromatic heterocycles. The van der Waals surface area contributed by atoms with E-state index in [0.717, 1.165) is 11.1 Å². The SMILES string of the molecule is Cc1ccc(-c2cnc(CCC(=O)NCc3ccc(F)cc3)o2)cc1C. The van der Waals surface area contributed by atoms with Crippen molar-refractivity contribution in [2.24, 2.45) is 0 Å². The second-order valence-corrected chi connectivity index (χ2v) is 6.32. The molecule has 26 heavy (non-hydrogen) atoms. The molecule has 0 unspecified atom stereocenters. The highest BCUT2D eigenvalue weighted by molar-refractivity contribution is 5.76. The number of carbonyl (C=O) groups excluding carboxylic acids is 1. The number of amides is 1. The highest BCUT2D eigenvalue weighted by atomic mass is 19.1. The van der Waals surface area contributed by atoms with Gasteiger partial charge in [0.25, 0.3) is 0 Å². The van der Waals surface area contributed by atoms with Crippen molar-refractivity contribution in [3.63, 3.8) is 0 Å². The summed E-state index contributed by atoms with van der Waals surface area (Å²) in [5.41, 5.74) is 4.26. The molecule has 1 amide bonds. The molecule has 0 spiro atoms. The van der Waals surface area contributed by atoms with Gasteiger partial charge in [-0.1, -0.05) is 24.3 Å². The van der Waals surface area contributed by atoms with Crippen molar-refractivity contribution in [2.45, 2.75) is 33.2 Å². The van der Waals surface area contributed by atoms with E-state index in [0.29, 0.717) is 24.6 Å². The average Bonchev–Trinajstić information content (AvgIpc) is 3.11. The van der Waals surface area contributed by atoms with Gasteiger partial charge in [0.2, 0.25) is 5.91 Å². The van der Waals surface area contributed by atoms with Crippen LogP contribution in [-0.2, 0) is 17.8 Å². The maximum absolute atomic E-state index is 12.9. The lowest BCUT2D eigenvalue weighted by Gasteiger charge is -2.04. The standard InChI is InChI=1S/C21H21FN2O2/c1-14-3-6-17(11-15(14)2)19-13-24-21(26-19)10-9-20(25)23-12-16-4-7-18(22)8-5-16/h3-8,11,13H,9-10,12H2,1-2H3,(H,23,25). The first-order valence-electron chi connectivity index (χ1n) is 8.55. The minimum Gasteiger partial charge on any atom is -0.441 e. The van der Waals surface area contributed by atoms with Crippen LogP contribution in [-0.4, -0.2) is 10.9 Å². The molecule has 5 heteroatoms. The van der Waals surface area contributed by atoms with E-state index < -0.39 is 0 Å². The van der Waals surface area contributed by atoms with Crippen LogP contribution in [0.5, 0.6) is 0 Å². The van der Waals surface area contributed by atoms with Crippen molar-refractivity contribution < 1.29 is 13.6 Å². The minimum atomic E-state index is -0.288. The van der Waals surface area contributed by atoms with Gasteiger partial charge in [-0.15, -0.1) is 0 Å². The number of carbonyl (C=O) groups is 1. The number of oxazole rings is 1. The van der Waals surface area contributed by atoms with Crippen molar-refractivity contribution in [3.05, 3.63) is 77.1 Å². The summed E-state index contributed by atoms with van der Waals surface area (Å²) >= 11 is 0. The van der Waals surface area contributed by atoms with Gasteiger partial charge in [-0.3, -0.25) is 4.79 Å². The Balaban J connectivity index is 1.51. The first kappa shape index (κ1) is 17.9. The Bertz CT molecular complexity index is 901. The average molecular weight is 352 g/mol. The number of benzene rings is 2. The molecule has 0 atom stereocenters. The lowest BCUT2D eigenvalue weighted by atomic mass is 10.1. The van der Waals surface area contributed by atoms with E-state index >= 15 is 0 Å². The zero-order chi connectivity index (χ0) is 18.5. The Morgan fingerprint density at radius 2 is 1.88 bits per heavy atom. The number of nitrogens with zero attached hydrogens (tertiary/aromatic N) is 1. The number of hydrogen-bond donors (Lipinski definition) is 1. The molecular formula is C21H21FN2O2. The summed E-state index contributed by atoms with van der Waals surface area (Å²) in [6.45, 7) is 4.50. The number of halogens is 1. The van der Waals surface area contributed by atoms with Gasteiger partial charge in [-0.05, 0) is 48.7 Å². The van der Waals surface area contributed by atoms with Crippen LogP contribution in [0.2, 0.25) is 0 Å². The van der Waals surface area contributed by atoms with Crippen LogP contribution in [0.4, 0.5) is 4.39 Å². The van der Waals surface area contributed by atoms with Crippen LogP contribution in [0.15, 0.2) is 53.1 Å². The Labute approximate surface area is 152 Å². The van der Waals surface area contributed by atoms with Gasteiger partial charge >= 0.3 is 0 Å². The third kappa shape index (κ3) is 4.57. The van der Waals surface area contributed by atoms with Gasteiger partial charge < -0.3 is 9.73 Å². The molecule has 0 bridgehead atoms. The van der Waals surface area contributed by atoms with E-state index in [9.17, 15) is 9.18 Å². The Kier molecular flexibility index (Phi) is 5.46. The van der Waals surface area contributed by atoms with Crippen LogP contribution in [0.25, 0.3) is 11.3 Å². The molecule has 4 nitrogen and oxygen atoms in total. The number of aryl methyl sites for hydroxylation is 3. The van der Waals surface area contributed by atoms with Gasteiger partial charge in [0.15, 0.2) is 11.7 Å². The Morgan fingerprint density at radius 3 is 2.62 bits per heavy atom. The molecule has 3 aromatic rings. The zero-order valence-electron chi connectivity index (χ0n) is 14.9. The summed E-state index contributed by atoms with van der Waals surface area (Å²) in [5, 5.41) is 2.81. The van der Waals surface area contributed by atoms with Crippen molar-refractivity contribution in [2.75, 3.05) is 0 Å². The number of aromatic nitrogens is 1. The summed E-state index contributed by atoms with van der Waals surface area (Å²) in [7, 11) is 0. The van der Waals surface area contributed by atoms with Gasteiger partial charge in [-0.25, -0.2) is 9.37 Å². The lowest BCUT2D eigenvalue weighted by molar-refractivity contribution is -0.121. The summed E-state index contributed by atoms with van der Waals surface area (Å²) < 4.78 is 18.6. The first-order chi connectivity index (χ1) is 12.5. The molecule has 0 radical (unpaired) electrons. The molecule has 0 saturated carbocycles. The molecule has 0 aliphatic rings. The quantitative estimate of drug-likeness (QED) is 0.718. The summed E-state index contributed by atoms with van der Waals surface area (Å²) in [5.74, 6) is 0.855. The van der Waals surface area contributed by atoms with Gasteiger partial charge in [0, 0.05) is 24.9 Å². The number of nitrogens with one attached hydrogen (secondary N) is 1. The van der Waals surface area contributed by atoms with E-state index in [4.69, 9.17) is 4.42 Å². The topological polar surface area (TPSA) is 55.1 Å². The predicted octanol–water partition coefficient (Wildman–Crippen LogP) is 4.35. The van der Waals surface area contributed by atoms with Gasteiger partial charge in [0.1, 0.15) is 5.82 Å². The summed E-state index contributed by atoms with van der Waals surface area (Å²) in [6.07, 6.45) is 2.41. The number of hydrogen-bond acceptors (Lipinski definition) is 3. The molecule has 1 heterocycles. The van der Waals surface area contributed by atoms with Crippen molar-refractivity contribution in [1.29, 1.82) is 0 Å². The Hall–Kier alpha value is -2.95. The number of rotatable bonds is 6. The monoisotopic (exact) mass is 352 g/mol. The third-order valence-corrected chi connectivity index (χ3v) is 4.31. The molecule has 3 rings (SSSR count). The zero-order valence-corrected chi connectivity index (χ0v) is 14.9. The molecule has 134 valence electrons. The van der Waals surface area contributed by atoms with Crippen LogP contribution in [0.1, 0.15) is 29.0 Å². The molecule has 0 aliphatic heterocycles. The predicted molar refractivity (Wildman–Crippen MR) is 98.0 cm³/mol. The molecule has 0 saturated heterocycles. The maximum Gasteiger partial charge on any atom is 0.220 e. The fourth-order valence-electron chi connectivity index (χ4n) is 2.57. The molecule has 0 fully saturated rings. The minimum absolute atomic E-state index is 0.0970. The third-order valence-electron chi connectivity index (χ3n) is 4.31. The van der Waals surface area contributed by atoms with Gasteiger partial charge in [0.05, 0.1) is 6.20 Å². The van der Waals surface area contributed by atoms with Crippen LogP contribution in [0, 0.1) is 19.7 Å². The molecule has 2 aromatic carbocycles. The molecular weight excluding hydrogens is 331 g/mol. The van der Waals surface area contributed by atoms with E-state index in [1.807, 2.05) is 6.07 Å². The summed E-state index contributed by atoms with van der Waals surface area (Å²) in [6, 6.07) is 12.2. The largest absolute Gasteiger partial charge is 0.441 e. The second-order valence-electron chi connectivity index (χ2n) is 6.32. The van der Waals surface area contributed by atoms with E-state index in [1.165, 1.54) is 23.3 Å². The molecule has 1 N–H and O–H groups in total. The smallest absolute Gasteiger partial charge is 0.220 e. The lowest BCUT2D eigenvalue weighted by Crippen LogP contribution is -2.23. The van der Waals surface area contributed by atoms with Crippen LogP contribution < -0.4 is 5.32 Å².